The number of hydrogen-bond donors (Lipinski definition) is 1. The van der Waals surface area contributed by atoms with Gasteiger partial charge in [0.05, 0.1) is 32.2 Å². The van der Waals surface area contributed by atoms with Gasteiger partial charge >= 0.3 is 0 Å². The molecule has 0 atom stereocenters. The van der Waals surface area contributed by atoms with Gasteiger partial charge in [-0.15, -0.1) is 0 Å². The number of hydroxylamine groups is 2. The van der Waals surface area contributed by atoms with Gasteiger partial charge in [0.25, 0.3) is 0 Å². The lowest BCUT2D eigenvalue weighted by Gasteiger charge is -2.25. The summed E-state index contributed by atoms with van der Waals surface area (Å²) in [6.45, 7) is 2.22. The molecule has 21 heavy (non-hydrogen) atoms. The van der Waals surface area contributed by atoms with E-state index in [1.807, 2.05) is 5.06 Å². The van der Waals surface area contributed by atoms with Crippen molar-refractivity contribution in [3.63, 3.8) is 0 Å². The second-order valence-corrected chi connectivity index (χ2v) is 5.02. The molecule has 0 spiro atoms. The van der Waals surface area contributed by atoms with Gasteiger partial charge in [-0.05, 0) is 25.0 Å². The highest BCUT2D eigenvalue weighted by Gasteiger charge is 2.17. The van der Waals surface area contributed by atoms with Crippen LogP contribution in [0.2, 0.25) is 0 Å². The van der Waals surface area contributed by atoms with Gasteiger partial charge in [-0.3, -0.25) is 9.94 Å². The van der Waals surface area contributed by atoms with E-state index >= 15 is 0 Å². The van der Waals surface area contributed by atoms with E-state index in [1.165, 1.54) is 13.2 Å². The predicted octanol–water partition coefficient (Wildman–Crippen LogP) is 2.75. The molecule has 0 radical (unpaired) electrons. The normalized spacial score (nSPS) is 16.1. The highest BCUT2D eigenvalue weighted by atomic mass is 19.1. The average molecular weight is 291 g/mol. The number of nitrogens with one attached hydrogen (secondary N) is 1. The van der Waals surface area contributed by atoms with Crippen molar-refractivity contribution in [3.8, 4) is 17.0 Å². The summed E-state index contributed by atoms with van der Waals surface area (Å²) in [6, 6.07) is 4.81. The second kappa shape index (κ2) is 6.24. The molecule has 0 unspecified atom stereocenters. The first kappa shape index (κ1) is 14.0. The predicted molar refractivity (Wildman–Crippen MR) is 76.1 cm³/mol. The zero-order valence-corrected chi connectivity index (χ0v) is 11.9. The Morgan fingerprint density at radius 2 is 2.33 bits per heavy atom. The molecule has 0 aliphatic carbocycles. The third-order valence-electron chi connectivity index (χ3n) is 3.59. The van der Waals surface area contributed by atoms with Crippen LogP contribution in [0.15, 0.2) is 24.4 Å². The Balaban J connectivity index is 1.84. The molecule has 6 heteroatoms. The largest absolute Gasteiger partial charge is 0.497 e. The molecule has 0 amide bonds. The van der Waals surface area contributed by atoms with Crippen molar-refractivity contribution in [3.05, 3.63) is 35.8 Å². The Bertz CT molecular complexity index is 609. The van der Waals surface area contributed by atoms with Gasteiger partial charge < -0.3 is 4.74 Å². The van der Waals surface area contributed by atoms with Gasteiger partial charge in [0.2, 0.25) is 0 Å². The Labute approximate surface area is 122 Å². The summed E-state index contributed by atoms with van der Waals surface area (Å²) in [5, 5.41) is 8.82. The van der Waals surface area contributed by atoms with Gasteiger partial charge in [-0.1, -0.05) is 0 Å². The van der Waals surface area contributed by atoms with Crippen molar-refractivity contribution >= 4 is 0 Å². The summed E-state index contributed by atoms with van der Waals surface area (Å²) in [5.74, 6) is 0.163. The van der Waals surface area contributed by atoms with Gasteiger partial charge in [0.1, 0.15) is 11.6 Å². The average Bonchev–Trinajstić information content (AvgIpc) is 2.96. The Morgan fingerprint density at radius 1 is 1.43 bits per heavy atom. The van der Waals surface area contributed by atoms with Crippen molar-refractivity contribution in [2.75, 3.05) is 20.3 Å². The molecule has 1 aromatic heterocycles. The second-order valence-electron chi connectivity index (χ2n) is 5.02. The Kier molecular flexibility index (Phi) is 4.17. The lowest BCUT2D eigenvalue weighted by Crippen LogP contribution is -2.29. The SMILES string of the molecule is COc1ccc(-c2[nH]ncc2CN2CCCCO2)c(F)c1. The van der Waals surface area contributed by atoms with Crippen molar-refractivity contribution in [2.24, 2.45) is 0 Å². The molecule has 2 aromatic rings. The Morgan fingerprint density at radius 3 is 3.05 bits per heavy atom. The zero-order valence-electron chi connectivity index (χ0n) is 11.9. The van der Waals surface area contributed by atoms with Crippen molar-refractivity contribution < 1.29 is 14.0 Å². The number of halogens is 1. The number of benzene rings is 1. The molecule has 0 saturated carbocycles. The molecule has 1 aromatic carbocycles. The summed E-state index contributed by atoms with van der Waals surface area (Å²) >= 11 is 0. The van der Waals surface area contributed by atoms with Crippen LogP contribution in [-0.2, 0) is 11.4 Å². The molecule has 1 aliphatic rings. The number of methoxy groups -OCH3 is 1. The summed E-state index contributed by atoms with van der Waals surface area (Å²) in [5.41, 5.74) is 2.09. The maximum atomic E-state index is 14.2. The van der Waals surface area contributed by atoms with Crippen LogP contribution in [0.4, 0.5) is 4.39 Å². The fourth-order valence-corrected chi connectivity index (χ4v) is 2.45. The minimum absolute atomic E-state index is 0.334. The summed E-state index contributed by atoms with van der Waals surface area (Å²) in [7, 11) is 1.52. The highest BCUT2D eigenvalue weighted by molar-refractivity contribution is 5.64. The van der Waals surface area contributed by atoms with Crippen LogP contribution >= 0.6 is 0 Å². The molecular formula is C15H18FN3O2. The van der Waals surface area contributed by atoms with Gasteiger partial charge in [0.15, 0.2) is 0 Å². The third kappa shape index (κ3) is 3.06. The van der Waals surface area contributed by atoms with E-state index in [0.717, 1.165) is 31.6 Å². The number of nitrogens with zero attached hydrogens (tertiary/aromatic N) is 2. The molecule has 1 fully saturated rings. The van der Waals surface area contributed by atoms with E-state index in [1.54, 1.807) is 18.3 Å². The molecule has 112 valence electrons. The zero-order chi connectivity index (χ0) is 14.7. The minimum atomic E-state index is -0.334. The molecule has 2 heterocycles. The van der Waals surface area contributed by atoms with Crippen molar-refractivity contribution in [2.45, 2.75) is 19.4 Å². The lowest BCUT2D eigenvalue weighted by molar-refractivity contribution is -0.187. The molecule has 1 aliphatic heterocycles. The number of aromatic amines is 1. The topological polar surface area (TPSA) is 50.4 Å². The van der Waals surface area contributed by atoms with Crippen molar-refractivity contribution in [1.82, 2.24) is 15.3 Å². The van der Waals surface area contributed by atoms with Crippen molar-refractivity contribution in [1.29, 1.82) is 0 Å². The fourth-order valence-electron chi connectivity index (χ4n) is 2.45. The summed E-state index contributed by atoms with van der Waals surface area (Å²) in [4.78, 5) is 5.59. The monoisotopic (exact) mass is 291 g/mol. The van der Waals surface area contributed by atoms with E-state index in [2.05, 4.69) is 10.2 Å². The van der Waals surface area contributed by atoms with E-state index < -0.39 is 0 Å². The summed E-state index contributed by atoms with van der Waals surface area (Å²) < 4.78 is 19.2. The fraction of sp³-hybridized carbons (Fsp3) is 0.400. The van der Waals surface area contributed by atoms with E-state index in [4.69, 9.17) is 9.57 Å². The van der Waals surface area contributed by atoms with Crippen LogP contribution in [0.1, 0.15) is 18.4 Å². The number of H-pyrrole nitrogens is 1. The number of ether oxygens (including phenoxy) is 1. The number of hydrogen-bond acceptors (Lipinski definition) is 4. The van der Waals surface area contributed by atoms with Crippen LogP contribution in [0.5, 0.6) is 5.75 Å². The molecule has 1 N–H and O–H groups in total. The summed E-state index contributed by atoms with van der Waals surface area (Å²) in [6.07, 6.45) is 3.92. The lowest BCUT2D eigenvalue weighted by atomic mass is 10.1. The van der Waals surface area contributed by atoms with Gasteiger partial charge in [-0.2, -0.15) is 10.2 Å². The minimum Gasteiger partial charge on any atom is -0.497 e. The quantitative estimate of drug-likeness (QED) is 0.941. The van der Waals surface area contributed by atoms with Crippen LogP contribution in [0.3, 0.4) is 0 Å². The number of aromatic nitrogens is 2. The van der Waals surface area contributed by atoms with E-state index in [-0.39, 0.29) is 5.82 Å². The van der Waals surface area contributed by atoms with E-state index in [9.17, 15) is 4.39 Å². The van der Waals surface area contributed by atoms with Crippen LogP contribution in [-0.4, -0.2) is 35.5 Å². The maximum absolute atomic E-state index is 14.2. The first-order chi connectivity index (χ1) is 10.3. The molecular weight excluding hydrogens is 273 g/mol. The molecule has 0 bridgehead atoms. The van der Waals surface area contributed by atoms with Crippen LogP contribution in [0.25, 0.3) is 11.3 Å². The molecule has 3 rings (SSSR count). The van der Waals surface area contributed by atoms with E-state index in [0.29, 0.717) is 23.6 Å². The Hall–Kier alpha value is -1.92. The first-order valence-corrected chi connectivity index (χ1v) is 7.02. The van der Waals surface area contributed by atoms with Gasteiger partial charge in [0, 0.05) is 23.7 Å². The smallest absolute Gasteiger partial charge is 0.136 e. The standard InChI is InChI=1S/C15H18FN3O2/c1-20-12-4-5-13(14(16)8-12)15-11(9-17-18-15)10-19-6-2-3-7-21-19/h4-5,8-9H,2-3,6-7,10H2,1H3,(H,17,18). The van der Waals surface area contributed by atoms with Gasteiger partial charge in [-0.25, -0.2) is 4.39 Å². The maximum Gasteiger partial charge on any atom is 0.136 e. The highest BCUT2D eigenvalue weighted by Crippen LogP contribution is 2.28. The number of rotatable bonds is 4. The molecule has 1 saturated heterocycles. The third-order valence-corrected chi connectivity index (χ3v) is 3.59. The van der Waals surface area contributed by atoms with Crippen LogP contribution < -0.4 is 4.74 Å². The van der Waals surface area contributed by atoms with Crippen LogP contribution in [0, 0.1) is 5.82 Å². The first-order valence-electron chi connectivity index (χ1n) is 7.02. The molecule has 5 nitrogen and oxygen atoms in total.